The number of H-pyrrole nitrogens is 1. The summed E-state index contributed by atoms with van der Waals surface area (Å²) < 4.78 is 5.52. The molecule has 3 aromatic rings. The van der Waals surface area contributed by atoms with Crippen LogP contribution in [-0.4, -0.2) is 27.0 Å². The largest absolute Gasteiger partial charge is 0.400 e. The minimum Gasteiger partial charge on any atom is -0.400 e. The lowest BCUT2D eigenvalue weighted by molar-refractivity contribution is 0.100. The first-order chi connectivity index (χ1) is 11.3. The monoisotopic (exact) mass is 310 g/mol. The van der Waals surface area contributed by atoms with E-state index in [-0.39, 0.29) is 11.7 Å². The number of benzene rings is 1. The fourth-order valence-electron chi connectivity index (χ4n) is 3.17. The third-order valence-electron chi connectivity index (χ3n) is 4.39. The van der Waals surface area contributed by atoms with Gasteiger partial charge in [0.2, 0.25) is 0 Å². The third-order valence-corrected chi connectivity index (χ3v) is 4.39. The van der Waals surface area contributed by atoms with E-state index in [0.29, 0.717) is 17.6 Å². The molecule has 1 aliphatic rings. The molecule has 118 valence electrons. The number of carbonyl (C=O) groups is 1. The van der Waals surface area contributed by atoms with E-state index in [4.69, 9.17) is 4.42 Å². The normalized spacial score (nSPS) is 15.8. The maximum Gasteiger partial charge on any atom is 0.316 e. The Kier molecular flexibility index (Phi) is 3.57. The molecule has 23 heavy (non-hydrogen) atoms. The number of anilines is 1. The highest BCUT2D eigenvalue weighted by atomic mass is 16.4. The first-order valence-corrected chi connectivity index (χ1v) is 8.02. The quantitative estimate of drug-likeness (QED) is 0.720. The molecule has 1 saturated carbocycles. The fourth-order valence-corrected chi connectivity index (χ4v) is 3.17. The van der Waals surface area contributed by atoms with Gasteiger partial charge >= 0.3 is 6.01 Å². The maximum absolute atomic E-state index is 12.6. The summed E-state index contributed by atoms with van der Waals surface area (Å²) in [6.07, 6.45) is 7.61. The number of nitrogens with zero attached hydrogens (tertiary/aromatic N) is 2. The molecule has 1 aliphatic carbocycles. The Hall–Kier alpha value is -2.63. The minimum atomic E-state index is -0.258. The second-order valence-corrected chi connectivity index (χ2v) is 5.97. The summed E-state index contributed by atoms with van der Waals surface area (Å²) in [6.45, 7) is 0. The van der Waals surface area contributed by atoms with Crippen LogP contribution in [0, 0.1) is 0 Å². The van der Waals surface area contributed by atoms with Crippen molar-refractivity contribution in [1.82, 2.24) is 15.2 Å². The number of hydrogen-bond acceptors (Lipinski definition) is 5. The van der Waals surface area contributed by atoms with Gasteiger partial charge in [-0.1, -0.05) is 42.6 Å². The molecule has 0 atom stereocenters. The highest BCUT2D eigenvalue weighted by molar-refractivity contribution is 6.14. The Morgan fingerprint density at radius 3 is 2.87 bits per heavy atom. The van der Waals surface area contributed by atoms with Crippen LogP contribution in [0.2, 0.25) is 0 Å². The van der Waals surface area contributed by atoms with Gasteiger partial charge < -0.3 is 14.7 Å². The van der Waals surface area contributed by atoms with E-state index in [1.165, 1.54) is 19.3 Å². The summed E-state index contributed by atoms with van der Waals surface area (Å²) >= 11 is 0. The van der Waals surface area contributed by atoms with Crippen LogP contribution in [0.5, 0.6) is 0 Å². The van der Waals surface area contributed by atoms with Crippen LogP contribution in [-0.2, 0) is 0 Å². The number of carbonyl (C=O) groups excluding carboxylic acids is 1. The summed E-state index contributed by atoms with van der Waals surface area (Å²) in [6, 6.07) is 8.34. The van der Waals surface area contributed by atoms with Crippen molar-refractivity contribution in [1.29, 1.82) is 0 Å². The van der Waals surface area contributed by atoms with Gasteiger partial charge in [-0.05, 0) is 18.9 Å². The zero-order chi connectivity index (χ0) is 15.6. The van der Waals surface area contributed by atoms with E-state index < -0.39 is 0 Å². The molecule has 0 amide bonds. The van der Waals surface area contributed by atoms with Gasteiger partial charge in [0, 0.05) is 23.1 Å². The van der Waals surface area contributed by atoms with Crippen LogP contribution in [0.1, 0.15) is 48.4 Å². The molecule has 2 aromatic heterocycles. The molecular weight excluding hydrogens is 292 g/mol. The van der Waals surface area contributed by atoms with Crippen molar-refractivity contribution in [3.8, 4) is 0 Å². The Morgan fingerprint density at radius 2 is 2.00 bits per heavy atom. The van der Waals surface area contributed by atoms with E-state index in [1.54, 1.807) is 6.20 Å². The summed E-state index contributed by atoms with van der Waals surface area (Å²) in [4.78, 5) is 15.7. The zero-order valence-corrected chi connectivity index (χ0v) is 12.7. The number of rotatable bonds is 4. The van der Waals surface area contributed by atoms with Crippen molar-refractivity contribution in [2.75, 3.05) is 5.32 Å². The molecule has 2 heterocycles. The number of ketones is 1. The lowest BCUT2D eigenvalue weighted by Gasteiger charge is -2.21. The predicted molar refractivity (Wildman–Crippen MR) is 86.5 cm³/mol. The number of para-hydroxylation sites is 1. The van der Waals surface area contributed by atoms with Crippen LogP contribution in [0.3, 0.4) is 0 Å². The highest BCUT2D eigenvalue weighted by Crippen LogP contribution is 2.23. The molecule has 1 aromatic carbocycles. The van der Waals surface area contributed by atoms with E-state index in [2.05, 4.69) is 20.5 Å². The van der Waals surface area contributed by atoms with Gasteiger partial charge in [0.1, 0.15) is 0 Å². The third kappa shape index (κ3) is 2.72. The molecule has 4 rings (SSSR count). The zero-order valence-electron chi connectivity index (χ0n) is 12.7. The molecule has 1 fully saturated rings. The summed E-state index contributed by atoms with van der Waals surface area (Å²) in [5.74, 6) is -0.236. The van der Waals surface area contributed by atoms with E-state index in [1.807, 2.05) is 24.3 Å². The molecule has 0 spiro atoms. The number of fused-ring (bicyclic) bond motifs is 1. The number of aromatic amines is 1. The molecule has 0 saturated heterocycles. The van der Waals surface area contributed by atoms with Crippen molar-refractivity contribution < 1.29 is 9.21 Å². The van der Waals surface area contributed by atoms with Crippen LogP contribution >= 0.6 is 0 Å². The topological polar surface area (TPSA) is 83.8 Å². The van der Waals surface area contributed by atoms with Crippen molar-refractivity contribution in [2.45, 2.75) is 38.1 Å². The van der Waals surface area contributed by atoms with Crippen LogP contribution in [0.25, 0.3) is 10.9 Å². The summed E-state index contributed by atoms with van der Waals surface area (Å²) in [7, 11) is 0. The van der Waals surface area contributed by atoms with Crippen LogP contribution < -0.4 is 5.32 Å². The van der Waals surface area contributed by atoms with E-state index in [0.717, 1.165) is 23.7 Å². The Bertz CT molecular complexity index is 830. The lowest BCUT2D eigenvalue weighted by atomic mass is 9.96. The standard InChI is InChI=1S/C17H18N4O2/c22-15(13-10-18-14-9-5-4-8-12(13)14)16-20-21-17(23-16)19-11-6-2-1-3-7-11/h4-5,8-11,18H,1-3,6-7H2,(H,19,21). The second kappa shape index (κ2) is 5.87. The lowest BCUT2D eigenvalue weighted by Crippen LogP contribution is -2.22. The molecule has 0 aliphatic heterocycles. The van der Waals surface area contributed by atoms with E-state index in [9.17, 15) is 4.79 Å². The highest BCUT2D eigenvalue weighted by Gasteiger charge is 2.22. The van der Waals surface area contributed by atoms with Crippen molar-refractivity contribution in [2.24, 2.45) is 0 Å². The molecule has 0 bridgehead atoms. The molecule has 0 unspecified atom stereocenters. The number of aromatic nitrogens is 3. The first-order valence-electron chi connectivity index (χ1n) is 8.02. The van der Waals surface area contributed by atoms with Crippen molar-refractivity contribution in [3.63, 3.8) is 0 Å². The average Bonchev–Trinajstić information content (AvgIpc) is 3.22. The number of nitrogens with one attached hydrogen (secondary N) is 2. The Labute approximate surface area is 133 Å². The molecule has 6 heteroatoms. The Morgan fingerprint density at radius 1 is 1.17 bits per heavy atom. The average molecular weight is 310 g/mol. The fraction of sp³-hybridized carbons (Fsp3) is 0.353. The van der Waals surface area contributed by atoms with Crippen molar-refractivity contribution >= 4 is 22.7 Å². The van der Waals surface area contributed by atoms with Crippen LogP contribution in [0.15, 0.2) is 34.9 Å². The van der Waals surface area contributed by atoms with E-state index >= 15 is 0 Å². The van der Waals surface area contributed by atoms with Gasteiger partial charge in [-0.15, -0.1) is 5.10 Å². The van der Waals surface area contributed by atoms with Gasteiger partial charge in [0.15, 0.2) is 0 Å². The minimum absolute atomic E-state index is 0.0214. The number of hydrogen-bond donors (Lipinski definition) is 2. The summed E-state index contributed by atoms with van der Waals surface area (Å²) in [5, 5.41) is 12.0. The first kappa shape index (κ1) is 14.0. The van der Waals surface area contributed by atoms with Crippen LogP contribution in [0.4, 0.5) is 6.01 Å². The molecule has 2 N–H and O–H groups in total. The molecular formula is C17H18N4O2. The van der Waals surface area contributed by atoms with Gasteiger partial charge in [0.05, 0.1) is 5.56 Å². The van der Waals surface area contributed by atoms with Gasteiger partial charge in [-0.2, -0.15) is 0 Å². The summed E-state index contributed by atoms with van der Waals surface area (Å²) in [5.41, 5.74) is 1.46. The second-order valence-electron chi connectivity index (χ2n) is 5.97. The Balaban J connectivity index is 1.55. The maximum atomic E-state index is 12.6. The molecule has 6 nitrogen and oxygen atoms in total. The SMILES string of the molecule is O=C(c1nnc(NC2CCCCC2)o1)c1c[nH]c2ccccc12. The van der Waals surface area contributed by atoms with Gasteiger partial charge in [-0.3, -0.25) is 4.79 Å². The molecule has 0 radical (unpaired) electrons. The predicted octanol–water partition coefficient (Wildman–Crippen LogP) is 3.53. The van der Waals surface area contributed by atoms with Gasteiger partial charge in [0.25, 0.3) is 11.7 Å². The smallest absolute Gasteiger partial charge is 0.316 e. The van der Waals surface area contributed by atoms with Crippen molar-refractivity contribution in [3.05, 3.63) is 41.9 Å². The van der Waals surface area contributed by atoms with Gasteiger partial charge in [-0.25, -0.2) is 0 Å².